The van der Waals surface area contributed by atoms with Crippen molar-refractivity contribution in [2.75, 3.05) is 0 Å². The van der Waals surface area contributed by atoms with Gasteiger partial charge in [0.2, 0.25) is 0 Å². The van der Waals surface area contributed by atoms with Gasteiger partial charge in [0.05, 0.1) is 0 Å². The van der Waals surface area contributed by atoms with Gasteiger partial charge in [-0.25, -0.2) is 8.78 Å². The Morgan fingerprint density at radius 3 is 2.53 bits per heavy atom. The Morgan fingerprint density at radius 1 is 1.40 bits per heavy atom. The fourth-order valence-corrected chi connectivity index (χ4v) is 1.20. The second-order valence-corrected chi connectivity index (χ2v) is 3.27. The molecule has 86 valence electrons. The summed E-state index contributed by atoms with van der Waals surface area (Å²) in [5, 5.41) is 9.27. The topological polar surface area (TPSA) is 46.2 Å². The standard InChI is InChI=1S/C10H13F2NO.ClH/c1-2-8(13)4-6-3-7(11)5-9(12)10(6)14;/h3,5,8,14H,2,4,13H2,1H3;1H. The van der Waals surface area contributed by atoms with E-state index in [1.165, 1.54) is 0 Å². The van der Waals surface area contributed by atoms with E-state index in [2.05, 4.69) is 0 Å². The number of aromatic hydroxyl groups is 1. The number of phenols is 1. The minimum atomic E-state index is -0.941. The van der Waals surface area contributed by atoms with Crippen molar-refractivity contribution in [3.63, 3.8) is 0 Å². The van der Waals surface area contributed by atoms with E-state index in [1.54, 1.807) is 0 Å². The van der Waals surface area contributed by atoms with Crippen molar-refractivity contribution in [3.8, 4) is 5.75 Å². The van der Waals surface area contributed by atoms with Gasteiger partial charge in [-0.2, -0.15) is 0 Å². The highest BCUT2D eigenvalue weighted by molar-refractivity contribution is 5.85. The van der Waals surface area contributed by atoms with Gasteiger partial charge in [0.1, 0.15) is 5.82 Å². The summed E-state index contributed by atoms with van der Waals surface area (Å²) < 4.78 is 25.6. The van der Waals surface area contributed by atoms with E-state index in [4.69, 9.17) is 5.73 Å². The summed E-state index contributed by atoms with van der Waals surface area (Å²) in [6, 6.07) is 1.56. The molecule has 2 nitrogen and oxygen atoms in total. The summed E-state index contributed by atoms with van der Waals surface area (Å²) >= 11 is 0. The quantitative estimate of drug-likeness (QED) is 0.848. The van der Waals surface area contributed by atoms with E-state index in [0.29, 0.717) is 12.5 Å². The minimum absolute atomic E-state index is 0. The molecule has 0 aliphatic heterocycles. The van der Waals surface area contributed by atoms with Crippen molar-refractivity contribution in [3.05, 3.63) is 29.3 Å². The van der Waals surface area contributed by atoms with Crippen LogP contribution in [0.5, 0.6) is 5.75 Å². The van der Waals surface area contributed by atoms with Gasteiger partial charge >= 0.3 is 0 Å². The van der Waals surface area contributed by atoms with Crippen LogP contribution in [-0.2, 0) is 6.42 Å². The molecule has 0 radical (unpaired) electrons. The summed E-state index contributed by atoms with van der Waals surface area (Å²) in [5.74, 6) is -2.14. The van der Waals surface area contributed by atoms with Gasteiger partial charge in [-0.15, -0.1) is 12.4 Å². The zero-order valence-electron chi connectivity index (χ0n) is 8.34. The molecule has 0 saturated heterocycles. The summed E-state index contributed by atoms with van der Waals surface area (Å²) in [4.78, 5) is 0. The van der Waals surface area contributed by atoms with E-state index in [-0.39, 0.29) is 30.4 Å². The molecule has 1 atom stereocenters. The molecular weight excluding hydrogens is 224 g/mol. The van der Waals surface area contributed by atoms with Gasteiger partial charge in [0.15, 0.2) is 11.6 Å². The summed E-state index contributed by atoms with van der Waals surface area (Å²) in [7, 11) is 0. The van der Waals surface area contributed by atoms with E-state index < -0.39 is 17.4 Å². The average molecular weight is 238 g/mol. The number of halogens is 3. The summed E-state index contributed by atoms with van der Waals surface area (Å²) in [6.45, 7) is 1.87. The monoisotopic (exact) mass is 237 g/mol. The SMILES string of the molecule is CCC(N)Cc1cc(F)cc(F)c1O.Cl. The predicted molar refractivity (Wildman–Crippen MR) is 57.2 cm³/mol. The smallest absolute Gasteiger partial charge is 0.168 e. The predicted octanol–water partition coefficient (Wildman–Crippen LogP) is 2.37. The molecule has 0 fully saturated rings. The van der Waals surface area contributed by atoms with E-state index in [0.717, 1.165) is 6.07 Å². The molecule has 1 aromatic rings. The molecule has 0 spiro atoms. The Hall–Kier alpha value is -0.870. The minimum Gasteiger partial charge on any atom is -0.505 e. The number of phenolic OH excluding ortho intramolecular Hbond substituents is 1. The molecule has 0 amide bonds. The first-order valence-corrected chi connectivity index (χ1v) is 4.47. The highest BCUT2D eigenvalue weighted by Crippen LogP contribution is 2.23. The van der Waals surface area contributed by atoms with E-state index in [9.17, 15) is 13.9 Å². The molecule has 0 saturated carbocycles. The van der Waals surface area contributed by atoms with Crippen LogP contribution in [0.2, 0.25) is 0 Å². The maximum Gasteiger partial charge on any atom is 0.168 e. The van der Waals surface area contributed by atoms with Crippen molar-refractivity contribution in [1.82, 2.24) is 0 Å². The van der Waals surface area contributed by atoms with Crippen LogP contribution in [0.25, 0.3) is 0 Å². The fourth-order valence-electron chi connectivity index (χ4n) is 1.20. The van der Waals surface area contributed by atoms with Crippen molar-refractivity contribution in [1.29, 1.82) is 0 Å². The lowest BCUT2D eigenvalue weighted by Crippen LogP contribution is -2.21. The first-order chi connectivity index (χ1) is 6.54. The number of hydrogen-bond donors (Lipinski definition) is 2. The Balaban J connectivity index is 0.00000196. The van der Waals surface area contributed by atoms with Gasteiger partial charge in [0, 0.05) is 17.7 Å². The first kappa shape index (κ1) is 14.1. The van der Waals surface area contributed by atoms with E-state index >= 15 is 0 Å². The molecule has 0 aromatic heterocycles. The molecular formula is C10H14ClF2NO. The van der Waals surface area contributed by atoms with Gasteiger partial charge in [-0.05, 0) is 18.9 Å². The van der Waals surface area contributed by atoms with Gasteiger partial charge in [-0.3, -0.25) is 0 Å². The largest absolute Gasteiger partial charge is 0.505 e. The molecule has 1 unspecified atom stereocenters. The van der Waals surface area contributed by atoms with Crippen LogP contribution in [-0.4, -0.2) is 11.1 Å². The molecule has 0 aliphatic carbocycles. The number of hydrogen-bond acceptors (Lipinski definition) is 2. The van der Waals surface area contributed by atoms with Crippen LogP contribution in [0.3, 0.4) is 0 Å². The number of rotatable bonds is 3. The van der Waals surface area contributed by atoms with Crippen molar-refractivity contribution < 1.29 is 13.9 Å². The maximum atomic E-state index is 12.9. The van der Waals surface area contributed by atoms with Crippen LogP contribution < -0.4 is 5.73 Å². The molecule has 0 bridgehead atoms. The van der Waals surface area contributed by atoms with Crippen LogP contribution in [0.4, 0.5) is 8.78 Å². The molecule has 1 rings (SSSR count). The second kappa shape index (κ2) is 5.88. The van der Waals surface area contributed by atoms with Crippen molar-refractivity contribution >= 4 is 12.4 Å². The summed E-state index contributed by atoms with van der Waals surface area (Å²) in [6.07, 6.45) is 0.967. The molecule has 0 heterocycles. The Bertz CT molecular complexity index is 333. The Labute approximate surface area is 93.5 Å². The highest BCUT2D eigenvalue weighted by atomic mass is 35.5. The normalized spacial score (nSPS) is 12.0. The van der Waals surface area contributed by atoms with Gasteiger partial charge in [0.25, 0.3) is 0 Å². The zero-order valence-corrected chi connectivity index (χ0v) is 9.15. The third kappa shape index (κ3) is 3.64. The maximum absolute atomic E-state index is 12.9. The lowest BCUT2D eigenvalue weighted by molar-refractivity contribution is 0.418. The van der Waals surface area contributed by atoms with Crippen molar-refractivity contribution in [2.45, 2.75) is 25.8 Å². The molecule has 1 aromatic carbocycles. The van der Waals surface area contributed by atoms with Crippen LogP contribution in [0.1, 0.15) is 18.9 Å². The zero-order chi connectivity index (χ0) is 10.7. The number of nitrogens with two attached hydrogens (primary N) is 1. The molecule has 5 heteroatoms. The lowest BCUT2D eigenvalue weighted by atomic mass is 10.0. The van der Waals surface area contributed by atoms with Crippen molar-refractivity contribution in [2.24, 2.45) is 5.73 Å². The second-order valence-electron chi connectivity index (χ2n) is 3.27. The van der Waals surface area contributed by atoms with Crippen LogP contribution in [0.15, 0.2) is 12.1 Å². The van der Waals surface area contributed by atoms with Crippen LogP contribution >= 0.6 is 12.4 Å². The molecule has 15 heavy (non-hydrogen) atoms. The highest BCUT2D eigenvalue weighted by Gasteiger charge is 2.12. The van der Waals surface area contributed by atoms with Crippen LogP contribution in [0, 0.1) is 11.6 Å². The summed E-state index contributed by atoms with van der Waals surface area (Å²) in [5.41, 5.74) is 5.84. The fraction of sp³-hybridized carbons (Fsp3) is 0.400. The third-order valence-electron chi connectivity index (χ3n) is 2.11. The van der Waals surface area contributed by atoms with Gasteiger partial charge < -0.3 is 10.8 Å². The average Bonchev–Trinajstić information content (AvgIpc) is 2.13. The van der Waals surface area contributed by atoms with Gasteiger partial charge in [-0.1, -0.05) is 6.92 Å². The first-order valence-electron chi connectivity index (χ1n) is 4.47. The molecule has 3 N–H and O–H groups in total. The third-order valence-corrected chi connectivity index (χ3v) is 2.11. The Morgan fingerprint density at radius 2 is 2.00 bits per heavy atom. The molecule has 0 aliphatic rings. The van der Waals surface area contributed by atoms with E-state index in [1.807, 2.05) is 6.92 Å². The lowest BCUT2D eigenvalue weighted by Gasteiger charge is -2.10. The Kier molecular flexibility index (Phi) is 5.54. The number of benzene rings is 1.